The van der Waals surface area contributed by atoms with Crippen LogP contribution in [0.25, 0.3) is 0 Å². The number of nitrogens with zero attached hydrogens (tertiary/aromatic N) is 2. The van der Waals surface area contributed by atoms with E-state index in [-0.39, 0.29) is 18.2 Å². The minimum atomic E-state index is -0.232. The number of H-pyrrole nitrogens is 1. The van der Waals surface area contributed by atoms with Crippen molar-refractivity contribution >= 4 is 5.95 Å². The lowest BCUT2D eigenvalue weighted by atomic mass is 10.1. The number of nitrogens with one attached hydrogen (secondary N) is 1. The van der Waals surface area contributed by atoms with Gasteiger partial charge in [0.15, 0.2) is 0 Å². The molecular formula is C10H12ClFN4. The standard InChI is InChI=1S/C10H11FN4.ClH/c1-15-9(13-10(12)14-15)6-7-2-4-8(11)5-3-7;/h2-5H,6H2,1H3,(H2,12,14);1H. The van der Waals surface area contributed by atoms with Crippen LogP contribution in [0.5, 0.6) is 0 Å². The number of nitrogens with two attached hydrogens (primary N) is 1. The van der Waals surface area contributed by atoms with Gasteiger partial charge in [0.05, 0.1) is 6.42 Å². The molecule has 0 radical (unpaired) electrons. The van der Waals surface area contributed by atoms with E-state index in [4.69, 9.17) is 5.73 Å². The molecule has 2 rings (SSSR count). The molecular weight excluding hydrogens is 231 g/mol. The molecule has 0 aliphatic heterocycles. The van der Waals surface area contributed by atoms with Crippen molar-refractivity contribution in [3.63, 3.8) is 0 Å². The Morgan fingerprint density at radius 1 is 1.38 bits per heavy atom. The van der Waals surface area contributed by atoms with Crippen molar-refractivity contribution in [3.8, 4) is 0 Å². The molecule has 0 saturated carbocycles. The number of rotatable bonds is 2. The third-order valence-corrected chi connectivity index (χ3v) is 2.19. The number of hydrogen-bond acceptors (Lipinski definition) is 2. The van der Waals surface area contributed by atoms with Crippen LogP contribution in [0.4, 0.5) is 10.3 Å². The Bertz CT molecular complexity index is 466. The van der Waals surface area contributed by atoms with Gasteiger partial charge in [-0.1, -0.05) is 12.1 Å². The third-order valence-electron chi connectivity index (χ3n) is 2.19. The topological polar surface area (TPSA) is 58.6 Å². The van der Waals surface area contributed by atoms with E-state index < -0.39 is 0 Å². The molecule has 0 atom stereocenters. The molecule has 0 bridgehead atoms. The van der Waals surface area contributed by atoms with E-state index in [2.05, 4.69) is 10.1 Å². The van der Waals surface area contributed by atoms with Gasteiger partial charge >= 0.3 is 11.8 Å². The molecule has 16 heavy (non-hydrogen) atoms. The summed E-state index contributed by atoms with van der Waals surface area (Å²) in [5.41, 5.74) is 6.51. The zero-order valence-corrected chi connectivity index (χ0v) is 9.50. The number of aryl methyl sites for hydroxylation is 1. The smallest absolute Gasteiger partial charge is 0.345 e. The first kappa shape index (κ1) is 12.4. The predicted octanol–water partition coefficient (Wildman–Crippen LogP) is -2.45. The van der Waals surface area contributed by atoms with Crippen LogP contribution < -0.4 is 22.8 Å². The zero-order chi connectivity index (χ0) is 10.8. The van der Waals surface area contributed by atoms with Crippen molar-refractivity contribution in [1.29, 1.82) is 0 Å². The van der Waals surface area contributed by atoms with Crippen molar-refractivity contribution < 1.29 is 21.5 Å². The molecule has 86 valence electrons. The summed E-state index contributed by atoms with van der Waals surface area (Å²) in [6.07, 6.45) is 0.629. The molecule has 0 aliphatic carbocycles. The number of aromatic amines is 1. The molecule has 6 heteroatoms. The van der Waals surface area contributed by atoms with Crippen LogP contribution in [0.15, 0.2) is 24.3 Å². The number of hydrogen-bond donors (Lipinski definition) is 2. The summed E-state index contributed by atoms with van der Waals surface area (Å²) in [4.78, 5) is 4.12. The average Bonchev–Trinajstić information content (AvgIpc) is 2.49. The molecule has 3 N–H and O–H groups in total. The van der Waals surface area contributed by atoms with Crippen molar-refractivity contribution in [1.82, 2.24) is 10.1 Å². The molecule has 0 saturated heterocycles. The van der Waals surface area contributed by atoms with Gasteiger partial charge in [0.2, 0.25) is 0 Å². The highest BCUT2D eigenvalue weighted by molar-refractivity contribution is 5.20. The van der Waals surface area contributed by atoms with Gasteiger partial charge in [0, 0.05) is 0 Å². The van der Waals surface area contributed by atoms with Gasteiger partial charge in [-0.05, 0) is 22.7 Å². The average molecular weight is 243 g/mol. The first-order chi connectivity index (χ1) is 7.15. The van der Waals surface area contributed by atoms with Gasteiger partial charge in [-0.2, -0.15) is 9.78 Å². The number of nitrogen functional groups attached to an aromatic ring is 1. The number of aromatic nitrogens is 3. The molecule has 0 aliphatic rings. The molecule has 1 heterocycles. The van der Waals surface area contributed by atoms with Crippen molar-refractivity contribution in [2.45, 2.75) is 6.42 Å². The fourth-order valence-corrected chi connectivity index (χ4v) is 1.42. The molecule has 2 aromatic rings. The van der Waals surface area contributed by atoms with E-state index in [0.717, 1.165) is 11.4 Å². The fraction of sp³-hybridized carbons (Fsp3) is 0.200. The van der Waals surface area contributed by atoms with Crippen LogP contribution in [0, 0.1) is 5.82 Å². The molecule has 1 aromatic carbocycles. The minimum Gasteiger partial charge on any atom is -1.00 e. The zero-order valence-electron chi connectivity index (χ0n) is 8.74. The lowest BCUT2D eigenvalue weighted by Gasteiger charge is -1.94. The van der Waals surface area contributed by atoms with E-state index in [9.17, 15) is 4.39 Å². The van der Waals surface area contributed by atoms with Crippen molar-refractivity contribution in [3.05, 3.63) is 41.5 Å². The van der Waals surface area contributed by atoms with E-state index in [1.807, 2.05) is 7.05 Å². The summed E-state index contributed by atoms with van der Waals surface area (Å²) < 4.78 is 14.4. The number of halogens is 2. The van der Waals surface area contributed by atoms with Crippen molar-refractivity contribution in [2.75, 3.05) is 5.73 Å². The summed E-state index contributed by atoms with van der Waals surface area (Å²) in [5.74, 6) is 0.971. The maximum atomic E-state index is 12.7. The van der Waals surface area contributed by atoms with Gasteiger partial charge in [0.25, 0.3) is 0 Å². The second kappa shape index (κ2) is 4.94. The van der Waals surface area contributed by atoms with Gasteiger partial charge in [-0.15, -0.1) is 0 Å². The minimum absolute atomic E-state index is 0. The fourth-order valence-electron chi connectivity index (χ4n) is 1.42. The maximum Gasteiger partial charge on any atom is 0.345 e. The molecule has 0 spiro atoms. The molecule has 0 amide bonds. The largest absolute Gasteiger partial charge is 1.00 e. The molecule has 1 aromatic heterocycles. The van der Waals surface area contributed by atoms with Gasteiger partial charge in [0.1, 0.15) is 12.9 Å². The SMILES string of the molecule is C[n+]1[nH]c(N)nc1Cc1ccc(F)cc1.[Cl-]. The number of benzene rings is 1. The van der Waals surface area contributed by atoms with Gasteiger partial charge < -0.3 is 18.1 Å². The van der Waals surface area contributed by atoms with Crippen LogP contribution >= 0.6 is 0 Å². The second-order valence-corrected chi connectivity index (χ2v) is 3.39. The number of anilines is 1. The second-order valence-electron chi connectivity index (χ2n) is 3.39. The summed E-state index contributed by atoms with van der Waals surface area (Å²) in [7, 11) is 1.84. The summed E-state index contributed by atoms with van der Waals surface area (Å²) in [6, 6.07) is 6.34. The van der Waals surface area contributed by atoms with Crippen molar-refractivity contribution in [2.24, 2.45) is 7.05 Å². The Kier molecular flexibility index (Phi) is 3.84. The first-order valence-electron chi connectivity index (χ1n) is 4.60. The Morgan fingerprint density at radius 2 is 2.00 bits per heavy atom. The van der Waals surface area contributed by atoms with Crippen LogP contribution in [-0.2, 0) is 13.5 Å². The lowest BCUT2D eigenvalue weighted by Crippen LogP contribution is -3.00. The molecule has 0 fully saturated rings. The normalized spacial score (nSPS) is 9.88. The molecule has 4 nitrogen and oxygen atoms in total. The first-order valence-corrected chi connectivity index (χ1v) is 4.60. The van der Waals surface area contributed by atoms with E-state index >= 15 is 0 Å². The van der Waals surface area contributed by atoms with Crippen LogP contribution in [0.1, 0.15) is 11.4 Å². The predicted molar refractivity (Wildman–Crippen MR) is 53.4 cm³/mol. The summed E-state index contributed by atoms with van der Waals surface area (Å²) in [6.45, 7) is 0. The summed E-state index contributed by atoms with van der Waals surface area (Å²) in [5, 5.41) is 2.85. The molecule has 0 unspecified atom stereocenters. The Morgan fingerprint density at radius 3 is 2.50 bits per heavy atom. The highest BCUT2D eigenvalue weighted by Gasteiger charge is 2.14. The van der Waals surface area contributed by atoms with Gasteiger partial charge in [-0.3, -0.25) is 0 Å². The van der Waals surface area contributed by atoms with E-state index in [1.54, 1.807) is 16.8 Å². The monoisotopic (exact) mass is 242 g/mol. The third kappa shape index (κ3) is 2.70. The highest BCUT2D eigenvalue weighted by atomic mass is 35.5. The quantitative estimate of drug-likeness (QED) is 0.575. The van der Waals surface area contributed by atoms with Crippen LogP contribution in [0.2, 0.25) is 0 Å². The Labute approximate surface area is 98.7 Å². The Balaban J connectivity index is 0.00000128. The van der Waals surface area contributed by atoms with Crippen LogP contribution in [0.3, 0.4) is 0 Å². The highest BCUT2D eigenvalue weighted by Crippen LogP contribution is 2.06. The van der Waals surface area contributed by atoms with Crippen LogP contribution in [-0.4, -0.2) is 10.1 Å². The lowest BCUT2D eigenvalue weighted by molar-refractivity contribution is -0.733. The maximum absolute atomic E-state index is 12.7. The summed E-state index contributed by atoms with van der Waals surface area (Å²) >= 11 is 0. The van der Waals surface area contributed by atoms with E-state index in [0.29, 0.717) is 12.4 Å². The van der Waals surface area contributed by atoms with Gasteiger partial charge in [-0.25, -0.2) is 4.39 Å². The Hall–Kier alpha value is -1.62. The van der Waals surface area contributed by atoms with E-state index in [1.165, 1.54) is 12.1 Å².